The molecule has 0 heterocycles. The Morgan fingerprint density at radius 2 is 2.06 bits per heavy atom. The number of anilines is 1. The summed E-state index contributed by atoms with van der Waals surface area (Å²) in [6, 6.07) is 7.67. The van der Waals surface area contributed by atoms with Crippen LogP contribution in [0.15, 0.2) is 18.2 Å². The summed E-state index contributed by atoms with van der Waals surface area (Å²) in [5, 5.41) is 12.1. The van der Waals surface area contributed by atoms with Crippen LogP contribution in [-0.4, -0.2) is 27.8 Å². The Bertz CT molecular complexity index is 547. The summed E-state index contributed by atoms with van der Waals surface area (Å²) in [6.45, 7) is 2.96. The van der Waals surface area contributed by atoms with Crippen molar-refractivity contribution >= 4 is 15.7 Å². The fourth-order valence-corrected chi connectivity index (χ4v) is 1.99. The van der Waals surface area contributed by atoms with Gasteiger partial charge in [-0.25, -0.2) is 13.1 Å². The summed E-state index contributed by atoms with van der Waals surface area (Å²) in [4.78, 5) is 0. The standard InChI is InChI=1S/C12H17N3O2S/c1-10-4-5-11(9-13)12(8-10)14-6-3-7-15-18(2,16)17/h4-5,8,14-15H,3,6-7H2,1-2H3. The van der Waals surface area contributed by atoms with Gasteiger partial charge in [0.2, 0.25) is 10.0 Å². The molecule has 0 unspecified atom stereocenters. The quantitative estimate of drug-likeness (QED) is 0.759. The number of hydrogen-bond donors (Lipinski definition) is 2. The highest BCUT2D eigenvalue weighted by molar-refractivity contribution is 7.88. The third-order valence-corrected chi connectivity index (χ3v) is 3.06. The summed E-state index contributed by atoms with van der Waals surface area (Å²) >= 11 is 0. The molecular weight excluding hydrogens is 250 g/mol. The summed E-state index contributed by atoms with van der Waals surface area (Å²) in [5.74, 6) is 0. The van der Waals surface area contributed by atoms with Gasteiger partial charge in [0.25, 0.3) is 0 Å². The molecule has 0 saturated heterocycles. The average Bonchev–Trinajstić information content (AvgIpc) is 2.27. The number of hydrogen-bond acceptors (Lipinski definition) is 4. The van der Waals surface area contributed by atoms with Crippen molar-refractivity contribution in [2.45, 2.75) is 13.3 Å². The smallest absolute Gasteiger partial charge is 0.208 e. The molecule has 1 rings (SSSR count). The van der Waals surface area contributed by atoms with Gasteiger partial charge in [0.1, 0.15) is 6.07 Å². The fraction of sp³-hybridized carbons (Fsp3) is 0.417. The van der Waals surface area contributed by atoms with Crippen LogP contribution < -0.4 is 10.0 Å². The molecule has 0 saturated carbocycles. The molecule has 98 valence electrons. The number of nitrogens with zero attached hydrogens (tertiary/aromatic N) is 1. The number of aryl methyl sites for hydroxylation is 1. The summed E-state index contributed by atoms with van der Waals surface area (Å²) in [6.07, 6.45) is 1.79. The SMILES string of the molecule is Cc1ccc(C#N)c(NCCCNS(C)(=O)=O)c1. The maximum atomic E-state index is 10.8. The van der Waals surface area contributed by atoms with Gasteiger partial charge in [0.15, 0.2) is 0 Å². The minimum absolute atomic E-state index is 0.388. The second-order valence-corrected chi connectivity index (χ2v) is 5.94. The normalized spacial score (nSPS) is 10.9. The summed E-state index contributed by atoms with van der Waals surface area (Å²) < 4.78 is 24.1. The van der Waals surface area contributed by atoms with Gasteiger partial charge in [-0.1, -0.05) is 6.07 Å². The Morgan fingerprint density at radius 3 is 2.67 bits per heavy atom. The minimum Gasteiger partial charge on any atom is -0.384 e. The zero-order valence-corrected chi connectivity index (χ0v) is 11.3. The van der Waals surface area contributed by atoms with E-state index in [0.29, 0.717) is 25.1 Å². The lowest BCUT2D eigenvalue weighted by Crippen LogP contribution is -2.24. The molecular formula is C12H17N3O2S. The summed E-state index contributed by atoms with van der Waals surface area (Å²) in [5.41, 5.74) is 2.46. The molecule has 18 heavy (non-hydrogen) atoms. The Morgan fingerprint density at radius 1 is 1.33 bits per heavy atom. The van der Waals surface area contributed by atoms with Crippen LogP contribution in [-0.2, 0) is 10.0 Å². The van der Waals surface area contributed by atoms with Crippen molar-refractivity contribution < 1.29 is 8.42 Å². The molecule has 0 aromatic heterocycles. The van der Waals surface area contributed by atoms with Crippen molar-refractivity contribution in [1.29, 1.82) is 5.26 Å². The van der Waals surface area contributed by atoms with Crippen molar-refractivity contribution in [3.63, 3.8) is 0 Å². The van der Waals surface area contributed by atoms with Gasteiger partial charge in [-0.3, -0.25) is 0 Å². The van der Waals surface area contributed by atoms with Crippen LogP contribution in [0.4, 0.5) is 5.69 Å². The van der Waals surface area contributed by atoms with Gasteiger partial charge in [-0.15, -0.1) is 0 Å². The van der Waals surface area contributed by atoms with Gasteiger partial charge in [-0.2, -0.15) is 5.26 Å². The number of rotatable bonds is 6. The Balaban J connectivity index is 2.45. The van der Waals surface area contributed by atoms with Gasteiger partial charge in [0, 0.05) is 13.1 Å². The monoisotopic (exact) mass is 267 g/mol. The molecule has 0 fully saturated rings. The maximum Gasteiger partial charge on any atom is 0.208 e. The van der Waals surface area contributed by atoms with Crippen LogP contribution in [0.25, 0.3) is 0 Å². The van der Waals surface area contributed by atoms with E-state index in [4.69, 9.17) is 5.26 Å². The van der Waals surface area contributed by atoms with E-state index >= 15 is 0 Å². The van der Waals surface area contributed by atoms with Crippen molar-refractivity contribution in [2.24, 2.45) is 0 Å². The van der Waals surface area contributed by atoms with E-state index < -0.39 is 10.0 Å². The van der Waals surface area contributed by atoms with E-state index in [1.807, 2.05) is 19.1 Å². The van der Waals surface area contributed by atoms with Gasteiger partial charge < -0.3 is 5.32 Å². The number of nitriles is 1. The first kappa shape index (κ1) is 14.5. The zero-order valence-electron chi connectivity index (χ0n) is 10.5. The first-order valence-electron chi connectivity index (χ1n) is 5.61. The van der Waals surface area contributed by atoms with Crippen LogP contribution in [0.3, 0.4) is 0 Å². The average molecular weight is 267 g/mol. The predicted octanol–water partition coefficient (Wildman–Crippen LogP) is 1.22. The molecule has 2 N–H and O–H groups in total. The molecule has 6 heteroatoms. The Labute approximate surface area is 108 Å². The molecule has 0 bridgehead atoms. The van der Waals surface area contributed by atoms with Gasteiger partial charge in [0.05, 0.1) is 17.5 Å². The lowest BCUT2D eigenvalue weighted by Gasteiger charge is -2.09. The molecule has 5 nitrogen and oxygen atoms in total. The maximum absolute atomic E-state index is 10.8. The molecule has 0 aliphatic rings. The van der Waals surface area contributed by atoms with E-state index in [9.17, 15) is 8.42 Å². The molecule has 0 atom stereocenters. The van der Waals surface area contributed by atoms with Crippen LogP contribution in [0.2, 0.25) is 0 Å². The van der Waals surface area contributed by atoms with Gasteiger partial charge >= 0.3 is 0 Å². The molecule has 1 aromatic rings. The predicted molar refractivity (Wildman–Crippen MR) is 71.8 cm³/mol. The topological polar surface area (TPSA) is 82.0 Å². The van der Waals surface area contributed by atoms with Crippen molar-refractivity contribution in [3.05, 3.63) is 29.3 Å². The van der Waals surface area contributed by atoms with E-state index in [1.165, 1.54) is 0 Å². The van der Waals surface area contributed by atoms with Crippen LogP contribution in [0.5, 0.6) is 0 Å². The molecule has 1 aromatic carbocycles. The summed E-state index contributed by atoms with van der Waals surface area (Å²) in [7, 11) is -3.12. The van der Waals surface area contributed by atoms with Crippen molar-refractivity contribution in [2.75, 3.05) is 24.7 Å². The highest BCUT2D eigenvalue weighted by Gasteiger charge is 2.02. The highest BCUT2D eigenvalue weighted by Crippen LogP contribution is 2.16. The van der Waals surface area contributed by atoms with E-state index in [2.05, 4.69) is 16.1 Å². The Hall–Kier alpha value is -1.58. The fourth-order valence-electron chi connectivity index (χ4n) is 1.47. The lowest BCUT2D eigenvalue weighted by atomic mass is 10.1. The van der Waals surface area contributed by atoms with Crippen LogP contribution in [0.1, 0.15) is 17.5 Å². The molecule has 0 aliphatic heterocycles. The Kier molecular flexibility index (Phi) is 5.13. The van der Waals surface area contributed by atoms with Crippen LogP contribution >= 0.6 is 0 Å². The largest absolute Gasteiger partial charge is 0.384 e. The molecule has 0 radical (unpaired) electrons. The highest BCUT2D eigenvalue weighted by atomic mass is 32.2. The van der Waals surface area contributed by atoms with E-state index in [-0.39, 0.29) is 0 Å². The van der Waals surface area contributed by atoms with Crippen molar-refractivity contribution in [1.82, 2.24) is 4.72 Å². The first-order chi connectivity index (χ1) is 8.42. The third-order valence-electron chi connectivity index (χ3n) is 2.33. The lowest BCUT2D eigenvalue weighted by molar-refractivity contribution is 0.586. The molecule has 0 aliphatic carbocycles. The number of benzene rings is 1. The zero-order chi connectivity index (χ0) is 13.6. The molecule has 0 spiro atoms. The minimum atomic E-state index is -3.12. The molecule has 0 amide bonds. The number of sulfonamides is 1. The van der Waals surface area contributed by atoms with Crippen LogP contribution in [0, 0.1) is 18.3 Å². The first-order valence-corrected chi connectivity index (χ1v) is 7.51. The number of nitrogens with one attached hydrogen (secondary N) is 2. The van der Waals surface area contributed by atoms with Crippen molar-refractivity contribution in [3.8, 4) is 6.07 Å². The van der Waals surface area contributed by atoms with E-state index in [0.717, 1.165) is 17.5 Å². The second-order valence-electron chi connectivity index (χ2n) is 4.11. The third kappa shape index (κ3) is 5.17. The van der Waals surface area contributed by atoms with E-state index in [1.54, 1.807) is 6.07 Å². The second kappa shape index (κ2) is 6.38. The van der Waals surface area contributed by atoms with Gasteiger partial charge in [-0.05, 0) is 31.0 Å².